The Morgan fingerprint density at radius 1 is 1.35 bits per heavy atom. The number of aliphatic carboxylic acids is 1. The van der Waals surface area contributed by atoms with Crippen LogP contribution >= 0.6 is 0 Å². The largest absolute Gasteiger partial charge is 0.481 e. The molecule has 0 unspecified atom stereocenters. The molecule has 0 fully saturated rings. The summed E-state index contributed by atoms with van der Waals surface area (Å²) in [4.78, 5) is 16.0. The van der Waals surface area contributed by atoms with E-state index < -0.39 is 5.97 Å². The van der Waals surface area contributed by atoms with E-state index in [1.165, 1.54) is 0 Å². The summed E-state index contributed by atoms with van der Waals surface area (Å²) in [6, 6.07) is 7.97. The van der Waals surface area contributed by atoms with Gasteiger partial charge in [0.1, 0.15) is 5.82 Å². The summed E-state index contributed by atoms with van der Waals surface area (Å²) in [5, 5.41) is 9.90. The van der Waals surface area contributed by atoms with Gasteiger partial charge in [0.25, 0.3) is 0 Å². The quantitative estimate of drug-likeness (QED) is 0.850. The highest BCUT2D eigenvalue weighted by atomic mass is 16.4. The lowest BCUT2D eigenvalue weighted by Crippen LogP contribution is -2.11. The minimum absolute atomic E-state index is 0.155. The van der Waals surface area contributed by atoms with Crippen LogP contribution in [0.2, 0.25) is 0 Å². The molecule has 2 rings (SSSR count). The third-order valence-electron chi connectivity index (χ3n) is 2.83. The van der Waals surface area contributed by atoms with Gasteiger partial charge in [0, 0.05) is 37.0 Å². The third-order valence-corrected chi connectivity index (χ3v) is 2.83. The lowest BCUT2D eigenvalue weighted by molar-refractivity contribution is -0.136. The minimum atomic E-state index is -0.764. The molecule has 0 radical (unpaired) electrons. The molecule has 4 heteroatoms. The van der Waals surface area contributed by atoms with E-state index in [1.807, 2.05) is 43.3 Å². The summed E-state index contributed by atoms with van der Waals surface area (Å²) < 4.78 is 0. The third kappa shape index (κ3) is 2.25. The molecule has 0 aliphatic carbocycles. The number of rotatable bonds is 4. The summed E-state index contributed by atoms with van der Waals surface area (Å²) in [5.74, 6) is 0.229. The molecule has 90 valence electrons. The highest BCUT2D eigenvalue weighted by Gasteiger charge is 2.13. The Bertz CT molecular complexity index is 543. The van der Waals surface area contributed by atoms with Gasteiger partial charge in [0.15, 0.2) is 0 Å². The van der Waals surface area contributed by atoms with Crippen molar-refractivity contribution in [1.82, 2.24) is 4.98 Å². The number of nitrogens with one attached hydrogen (secondary N) is 1. The molecule has 2 aromatic rings. The zero-order valence-electron chi connectivity index (χ0n) is 10.0. The number of aromatic nitrogens is 1. The van der Waals surface area contributed by atoms with Crippen LogP contribution in [0.3, 0.4) is 0 Å². The Balaban J connectivity index is 2.48. The number of hydrogen-bond acceptors (Lipinski definition) is 2. The van der Waals surface area contributed by atoms with Crippen LogP contribution in [0, 0.1) is 0 Å². The van der Waals surface area contributed by atoms with E-state index in [0.717, 1.165) is 22.3 Å². The molecule has 1 aromatic carbocycles. The standard InChI is InChI=1S/C13H16N2O2/c1-15(2)13-10(7-8-12(16)17)9-5-3-4-6-11(9)14-13/h3-6,14H,7-8H2,1-2H3,(H,16,17). The zero-order chi connectivity index (χ0) is 12.4. The number of para-hydroxylation sites is 1. The van der Waals surface area contributed by atoms with Gasteiger partial charge in [-0.25, -0.2) is 0 Å². The molecule has 1 aromatic heterocycles. The number of carboxylic acid groups (broad SMARTS) is 1. The Kier molecular flexibility index (Phi) is 3.04. The summed E-state index contributed by atoms with van der Waals surface area (Å²) >= 11 is 0. The van der Waals surface area contributed by atoms with Gasteiger partial charge in [-0.1, -0.05) is 18.2 Å². The molecule has 4 nitrogen and oxygen atoms in total. The molecule has 17 heavy (non-hydrogen) atoms. The highest BCUT2D eigenvalue weighted by molar-refractivity contribution is 5.89. The van der Waals surface area contributed by atoms with Crippen molar-refractivity contribution < 1.29 is 9.90 Å². The number of carbonyl (C=O) groups is 1. The van der Waals surface area contributed by atoms with E-state index in [2.05, 4.69) is 4.98 Å². The first-order valence-corrected chi connectivity index (χ1v) is 5.58. The van der Waals surface area contributed by atoms with E-state index >= 15 is 0 Å². The van der Waals surface area contributed by atoms with Gasteiger partial charge < -0.3 is 15.0 Å². The Morgan fingerprint density at radius 2 is 2.06 bits per heavy atom. The smallest absolute Gasteiger partial charge is 0.303 e. The summed E-state index contributed by atoms with van der Waals surface area (Å²) in [7, 11) is 3.91. The van der Waals surface area contributed by atoms with Crippen LogP contribution in [0.25, 0.3) is 10.9 Å². The number of nitrogens with zero attached hydrogens (tertiary/aromatic N) is 1. The van der Waals surface area contributed by atoms with Crippen LogP contribution < -0.4 is 4.90 Å². The second-order valence-electron chi connectivity index (χ2n) is 4.29. The molecule has 0 saturated carbocycles. The number of aryl methyl sites for hydroxylation is 1. The van der Waals surface area contributed by atoms with Gasteiger partial charge >= 0.3 is 5.97 Å². The van der Waals surface area contributed by atoms with Gasteiger partial charge in [-0.15, -0.1) is 0 Å². The van der Waals surface area contributed by atoms with E-state index in [0.29, 0.717) is 6.42 Å². The predicted molar refractivity (Wildman–Crippen MR) is 68.6 cm³/mol. The maximum absolute atomic E-state index is 10.7. The fraction of sp³-hybridized carbons (Fsp3) is 0.308. The van der Waals surface area contributed by atoms with Crippen LogP contribution in [0.5, 0.6) is 0 Å². The van der Waals surface area contributed by atoms with Gasteiger partial charge in [-0.2, -0.15) is 0 Å². The second kappa shape index (κ2) is 4.49. The van der Waals surface area contributed by atoms with Crippen molar-refractivity contribution in [2.75, 3.05) is 19.0 Å². The van der Waals surface area contributed by atoms with E-state index in [1.54, 1.807) is 0 Å². The van der Waals surface area contributed by atoms with E-state index in [9.17, 15) is 4.79 Å². The highest BCUT2D eigenvalue weighted by Crippen LogP contribution is 2.28. The van der Waals surface area contributed by atoms with Crippen molar-refractivity contribution in [3.63, 3.8) is 0 Å². The van der Waals surface area contributed by atoms with Crippen molar-refractivity contribution in [3.05, 3.63) is 29.8 Å². The first-order chi connectivity index (χ1) is 8.09. The Hall–Kier alpha value is -1.97. The first-order valence-electron chi connectivity index (χ1n) is 5.58. The summed E-state index contributed by atoms with van der Waals surface area (Å²) in [5.41, 5.74) is 2.13. The lowest BCUT2D eigenvalue weighted by atomic mass is 10.1. The topological polar surface area (TPSA) is 56.3 Å². The number of benzene rings is 1. The Labute approximate surface area is 99.9 Å². The summed E-state index contributed by atoms with van der Waals surface area (Å²) in [6.07, 6.45) is 0.704. The van der Waals surface area contributed by atoms with Crippen molar-refractivity contribution >= 4 is 22.7 Å². The molecule has 0 amide bonds. The minimum Gasteiger partial charge on any atom is -0.481 e. The predicted octanol–water partition coefficient (Wildman–Crippen LogP) is 2.25. The zero-order valence-corrected chi connectivity index (χ0v) is 10.0. The maximum Gasteiger partial charge on any atom is 0.303 e. The summed E-state index contributed by atoms with van der Waals surface area (Å²) in [6.45, 7) is 0. The average Bonchev–Trinajstić information content (AvgIpc) is 2.65. The van der Waals surface area contributed by atoms with Crippen molar-refractivity contribution in [2.45, 2.75) is 12.8 Å². The molecular weight excluding hydrogens is 216 g/mol. The monoisotopic (exact) mass is 232 g/mol. The van der Waals surface area contributed by atoms with Crippen molar-refractivity contribution in [1.29, 1.82) is 0 Å². The van der Waals surface area contributed by atoms with E-state index in [-0.39, 0.29) is 6.42 Å². The van der Waals surface area contributed by atoms with Gasteiger partial charge in [0.2, 0.25) is 0 Å². The fourth-order valence-electron chi connectivity index (χ4n) is 2.05. The number of anilines is 1. The van der Waals surface area contributed by atoms with Crippen LogP contribution in [0.15, 0.2) is 24.3 Å². The number of hydrogen-bond donors (Lipinski definition) is 2. The molecule has 2 N–H and O–H groups in total. The van der Waals surface area contributed by atoms with Gasteiger partial charge in [-0.3, -0.25) is 4.79 Å². The van der Waals surface area contributed by atoms with Crippen LogP contribution in [0.1, 0.15) is 12.0 Å². The van der Waals surface area contributed by atoms with Gasteiger partial charge in [0.05, 0.1) is 0 Å². The molecule has 0 spiro atoms. The van der Waals surface area contributed by atoms with Crippen LogP contribution in [0.4, 0.5) is 5.82 Å². The molecule has 0 bridgehead atoms. The van der Waals surface area contributed by atoms with E-state index in [4.69, 9.17) is 5.11 Å². The van der Waals surface area contributed by atoms with Crippen LogP contribution in [-0.2, 0) is 11.2 Å². The lowest BCUT2D eigenvalue weighted by Gasteiger charge is -2.12. The SMILES string of the molecule is CN(C)c1[nH]c2ccccc2c1CCC(=O)O. The first kappa shape index (κ1) is 11.5. The molecule has 0 aliphatic heterocycles. The van der Waals surface area contributed by atoms with Crippen LogP contribution in [-0.4, -0.2) is 30.2 Å². The average molecular weight is 232 g/mol. The van der Waals surface area contributed by atoms with Crippen molar-refractivity contribution in [3.8, 4) is 0 Å². The fourth-order valence-corrected chi connectivity index (χ4v) is 2.05. The number of H-pyrrole nitrogens is 1. The second-order valence-corrected chi connectivity index (χ2v) is 4.29. The number of fused-ring (bicyclic) bond motifs is 1. The van der Waals surface area contributed by atoms with Gasteiger partial charge in [-0.05, 0) is 12.5 Å². The normalized spacial score (nSPS) is 10.7. The van der Waals surface area contributed by atoms with Crippen molar-refractivity contribution in [2.24, 2.45) is 0 Å². The molecule has 0 atom stereocenters. The molecule has 0 saturated heterocycles. The number of aromatic amines is 1. The molecule has 1 heterocycles. The number of carboxylic acids is 1. The molecule has 0 aliphatic rings. The molecular formula is C13H16N2O2. The Morgan fingerprint density at radius 3 is 2.71 bits per heavy atom. The maximum atomic E-state index is 10.7.